The maximum absolute atomic E-state index is 12.9. The number of rotatable bonds is 6. The summed E-state index contributed by atoms with van der Waals surface area (Å²) in [5, 5.41) is 0. The maximum atomic E-state index is 12.9. The standard InChI is InChI=1S/C23H32N2O3/c1-28-20-7-4-6-18(14-20)15-22(27)25-16-19(23(17-25)10-5-11-23)8-9-21(26)24-12-2-3-13-24/h4,6-7,14,19H,2-3,5,8-13,15-17H2,1H3. The van der Waals surface area contributed by atoms with Crippen LogP contribution in [0.4, 0.5) is 0 Å². The van der Waals surface area contributed by atoms with Crippen LogP contribution in [0.1, 0.15) is 50.5 Å². The Labute approximate surface area is 168 Å². The van der Waals surface area contributed by atoms with Crippen LogP contribution in [-0.4, -0.2) is 54.9 Å². The lowest BCUT2D eigenvalue weighted by atomic mass is 9.62. The van der Waals surface area contributed by atoms with Gasteiger partial charge in [0.2, 0.25) is 11.8 Å². The van der Waals surface area contributed by atoms with E-state index in [1.807, 2.05) is 29.2 Å². The van der Waals surface area contributed by atoms with Gasteiger partial charge in [-0.25, -0.2) is 0 Å². The molecule has 0 aromatic heterocycles. The molecule has 152 valence electrons. The van der Waals surface area contributed by atoms with E-state index in [2.05, 4.69) is 4.90 Å². The van der Waals surface area contributed by atoms with Gasteiger partial charge in [-0.2, -0.15) is 0 Å². The number of ether oxygens (including phenoxy) is 1. The summed E-state index contributed by atoms with van der Waals surface area (Å²) in [5.74, 6) is 1.78. The topological polar surface area (TPSA) is 49.9 Å². The summed E-state index contributed by atoms with van der Waals surface area (Å²) in [6, 6.07) is 7.77. The van der Waals surface area contributed by atoms with E-state index in [-0.39, 0.29) is 11.3 Å². The first kappa shape index (κ1) is 19.3. The molecule has 0 bridgehead atoms. The molecule has 5 heteroatoms. The summed E-state index contributed by atoms with van der Waals surface area (Å²) in [6.07, 6.45) is 7.96. The minimum Gasteiger partial charge on any atom is -0.497 e. The number of carbonyl (C=O) groups is 2. The Morgan fingerprint density at radius 1 is 1.11 bits per heavy atom. The highest BCUT2D eigenvalue weighted by Crippen LogP contribution is 2.53. The van der Waals surface area contributed by atoms with E-state index in [1.54, 1.807) is 7.11 Å². The van der Waals surface area contributed by atoms with Gasteiger partial charge >= 0.3 is 0 Å². The third kappa shape index (κ3) is 3.89. The molecule has 1 unspecified atom stereocenters. The van der Waals surface area contributed by atoms with Crippen molar-refractivity contribution in [3.05, 3.63) is 29.8 Å². The van der Waals surface area contributed by atoms with Gasteiger partial charge in [-0.15, -0.1) is 0 Å². The molecule has 1 aromatic rings. The molecule has 2 heterocycles. The molecule has 2 amide bonds. The maximum Gasteiger partial charge on any atom is 0.227 e. The number of methoxy groups -OCH3 is 1. The Hall–Kier alpha value is -2.04. The van der Waals surface area contributed by atoms with E-state index in [0.29, 0.717) is 24.7 Å². The summed E-state index contributed by atoms with van der Waals surface area (Å²) < 4.78 is 5.27. The summed E-state index contributed by atoms with van der Waals surface area (Å²) >= 11 is 0. The summed E-state index contributed by atoms with van der Waals surface area (Å²) in [5.41, 5.74) is 1.27. The molecule has 1 saturated carbocycles. The number of carbonyl (C=O) groups excluding carboxylic acids is 2. The fraction of sp³-hybridized carbons (Fsp3) is 0.652. The Kier molecular flexibility index (Phi) is 5.61. The van der Waals surface area contributed by atoms with Gasteiger partial charge in [0.1, 0.15) is 5.75 Å². The highest BCUT2D eigenvalue weighted by molar-refractivity contribution is 5.79. The molecule has 2 aliphatic heterocycles. The van der Waals surface area contributed by atoms with Gasteiger partial charge in [-0.3, -0.25) is 9.59 Å². The number of hydrogen-bond donors (Lipinski definition) is 0. The Morgan fingerprint density at radius 2 is 1.89 bits per heavy atom. The Morgan fingerprint density at radius 3 is 2.57 bits per heavy atom. The second-order valence-corrected chi connectivity index (χ2v) is 8.84. The number of amides is 2. The van der Waals surface area contributed by atoms with Crippen molar-refractivity contribution in [3.63, 3.8) is 0 Å². The summed E-state index contributed by atoms with van der Waals surface area (Å²) in [7, 11) is 1.65. The second-order valence-electron chi connectivity index (χ2n) is 8.84. The average Bonchev–Trinajstić information content (AvgIpc) is 3.34. The van der Waals surface area contributed by atoms with Crippen molar-refractivity contribution in [3.8, 4) is 5.75 Å². The summed E-state index contributed by atoms with van der Waals surface area (Å²) in [6.45, 7) is 3.55. The first-order valence-corrected chi connectivity index (χ1v) is 10.8. The SMILES string of the molecule is COc1cccc(CC(=O)N2CC(CCC(=O)N3CCCC3)C3(CCC3)C2)c1. The van der Waals surface area contributed by atoms with Gasteiger partial charge < -0.3 is 14.5 Å². The van der Waals surface area contributed by atoms with Crippen LogP contribution in [0.2, 0.25) is 0 Å². The van der Waals surface area contributed by atoms with Crippen molar-refractivity contribution in [1.29, 1.82) is 0 Å². The lowest BCUT2D eigenvalue weighted by Crippen LogP contribution is -2.39. The first-order chi connectivity index (χ1) is 13.6. The van der Waals surface area contributed by atoms with Crippen molar-refractivity contribution < 1.29 is 14.3 Å². The monoisotopic (exact) mass is 384 g/mol. The van der Waals surface area contributed by atoms with Crippen LogP contribution in [0.15, 0.2) is 24.3 Å². The minimum atomic E-state index is 0.202. The van der Waals surface area contributed by atoms with Gasteiger partial charge in [0.25, 0.3) is 0 Å². The van der Waals surface area contributed by atoms with Crippen LogP contribution in [0.5, 0.6) is 5.75 Å². The van der Waals surface area contributed by atoms with Crippen LogP contribution in [-0.2, 0) is 16.0 Å². The normalized spacial score (nSPS) is 23.1. The predicted molar refractivity (Wildman–Crippen MR) is 108 cm³/mol. The van der Waals surface area contributed by atoms with Gasteiger partial charge in [0.05, 0.1) is 13.5 Å². The minimum absolute atomic E-state index is 0.202. The van der Waals surface area contributed by atoms with Gasteiger partial charge in [-0.05, 0) is 61.1 Å². The molecule has 3 fully saturated rings. The molecule has 1 aliphatic carbocycles. The number of nitrogens with zero attached hydrogens (tertiary/aromatic N) is 2. The van der Waals surface area contributed by atoms with Crippen molar-refractivity contribution in [2.75, 3.05) is 33.3 Å². The molecular formula is C23H32N2O3. The molecule has 1 spiro atoms. The Balaban J connectivity index is 1.35. The third-order valence-corrected chi connectivity index (χ3v) is 7.17. The molecule has 0 N–H and O–H groups in total. The predicted octanol–water partition coefficient (Wildman–Crippen LogP) is 3.27. The zero-order chi connectivity index (χ0) is 19.6. The van der Waals surface area contributed by atoms with E-state index < -0.39 is 0 Å². The zero-order valence-corrected chi connectivity index (χ0v) is 17.0. The fourth-order valence-electron chi connectivity index (χ4n) is 5.31. The number of hydrogen-bond acceptors (Lipinski definition) is 3. The van der Waals surface area contributed by atoms with Gasteiger partial charge in [0.15, 0.2) is 0 Å². The van der Waals surface area contributed by atoms with Crippen LogP contribution < -0.4 is 4.74 Å². The molecule has 3 aliphatic rings. The number of benzene rings is 1. The zero-order valence-electron chi connectivity index (χ0n) is 17.0. The highest BCUT2D eigenvalue weighted by Gasteiger charge is 2.50. The van der Waals surface area contributed by atoms with Crippen molar-refractivity contribution in [1.82, 2.24) is 9.80 Å². The van der Waals surface area contributed by atoms with Crippen LogP contribution in [0, 0.1) is 11.3 Å². The highest BCUT2D eigenvalue weighted by atomic mass is 16.5. The van der Waals surface area contributed by atoms with E-state index in [4.69, 9.17) is 4.74 Å². The van der Waals surface area contributed by atoms with E-state index >= 15 is 0 Å². The number of likely N-dealkylation sites (tertiary alicyclic amines) is 2. The smallest absolute Gasteiger partial charge is 0.227 e. The lowest BCUT2D eigenvalue weighted by molar-refractivity contribution is -0.131. The molecule has 2 saturated heterocycles. The molecule has 1 atom stereocenters. The average molecular weight is 385 g/mol. The molecular weight excluding hydrogens is 352 g/mol. The van der Waals surface area contributed by atoms with Crippen molar-refractivity contribution in [2.24, 2.45) is 11.3 Å². The van der Waals surface area contributed by atoms with Crippen LogP contribution >= 0.6 is 0 Å². The molecule has 4 rings (SSSR count). The van der Waals surface area contributed by atoms with Crippen LogP contribution in [0.3, 0.4) is 0 Å². The van der Waals surface area contributed by atoms with E-state index in [0.717, 1.165) is 56.8 Å². The van der Waals surface area contributed by atoms with E-state index in [1.165, 1.54) is 19.3 Å². The van der Waals surface area contributed by atoms with Gasteiger partial charge in [0, 0.05) is 32.6 Å². The van der Waals surface area contributed by atoms with Crippen molar-refractivity contribution >= 4 is 11.8 Å². The molecule has 28 heavy (non-hydrogen) atoms. The molecule has 1 aromatic carbocycles. The lowest BCUT2D eigenvalue weighted by Gasteiger charge is -2.43. The van der Waals surface area contributed by atoms with Crippen molar-refractivity contribution in [2.45, 2.75) is 51.4 Å². The Bertz CT molecular complexity index is 722. The quantitative estimate of drug-likeness (QED) is 0.756. The first-order valence-electron chi connectivity index (χ1n) is 10.8. The third-order valence-electron chi connectivity index (χ3n) is 7.17. The summed E-state index contributed by atoms with van der Waals surface area (Å²) in [4.78, 5) is 29.5. The van der Waals surface area contributed by atoms with Crippen LogP contribution in [0.25, 0.3) is 0 Å². The van der Waals surface area contributed by atoms with E-state index in [9.17, 15) is 9.59 Å². The fourth-order valence-corrected chi connectivity index (χ4v) is 5.31. The molecule has 0 radical (unpaired) electrons. The molecule has 5 nitrogen and oxygen atoms in total. The van der Waals surface area contributed by atoms with Gasteiger partial charge in [-0.1, -0.05) is 18.6 Å². The largest absolute Gasteiger partial charge is 0.497 e. The second kappa shape index (κ2) is 8.14.